The molecule has 0 aliphatic carbocycles. The lowest BCUT2D eigenvalue weighted by Crippen LogP contribution is -2.15. The third-order valence-electron chi connectivity index (χ3n) is 5.58. The Morgan fingerprint density at radius 2 is 1.72 bits per heavy atom. The standard InChI is InChI=1S/C26H29NO5/c1-17(20-8-9-23-26(14-20)32-11-10-31-23)18(2)21(15-27-3)7-6-19-12-24(29-4)22(16-28)25(13-19)30-5/h6-9,12-17H,10-11H2,1-5H3/b7-6+,21-18-,27-15-/t17-/m0/s1. The number of rotatable bonds is 8. The van der Waals surface area contributed by atoms with Crippen LogP contribution in [0, 0.1) is 0 Å². The largest absolute Gasteiger partial charge is 0.496 e. The molecule has 0 amide bonds. The van der Waals surface area contributed by atoms with Crippen molar-refractivity contribution in [2.24, 2.45) is 4.99 Å². The second-order valence-corrected chi connectivity index (χ2v) is 7.44. The highest BCUT2D eigenvalue weighted by molar-refractivity contribution is 5.87. The predicted octanol–water partition coefficient (Wildman–Crippen LogP) is 5.12. The van der Waals surface area contributed by atoms with Gasteiger partial charge < -0.3 is 18.9 Å². The number of allylic oxidation sites excluding steroid dienone is 3. The van der Waals surface area contributed by atoms with Gasteiger partial charge in [-0.2, -0.15) is 0 Å². The molecule has 6 nitrogen and oxygen atoms in total. The van der Waals surface area contributed by atoms with E-state index in [4.69, 9.17) is 18.9 Å². The number of nitrogens with zero attached hydrogens (tertiary/aromatic N) is 1. The van der Waals surface area contributed by atoms with E-state index >= 15 is 0 Å². The molecule has 1 atom stereocenters. The summed E-state index contributed by atoms with van der Waals surface area (Å²) in [6.45, 7) is 5.39. The highest BCUT2D eigenvalue weighted by Gasteiger charge is 2.17. The summed E-state index contributed by atoms with van der Waals surface area (Å²) < 4.78 is 22.1. The van der Waals surface area contributed by atoms with Crippen molar-refractivity contribution in [3.63, 3.8) is 0 Å². The molecule has 2 aromatic carbocycles. The number of methoxy groups -OCH3 is 2. The van der Waals surface area contributed by atoms with Crippen LogP contribution in [0.5, 0.6) is 23.0 Å². The maximum absolute atomic E-state index is 11.4. The van der Waals surface area contributed by atoms with Crippen molar-refractivity contribution in [2.75, 3.05) is 34.5 Å². The van der Waals surface area contributed by atoms with Gasteiger partial charge >= 0.3 is 0 Å². The van der Waals surface area contributed by atoms with Crippen molar-refractivity contribution in [1.82, 2.24) is 0 Å². The molecule has 1 heterocycles. The van der Waals surface area contributed by atoms with E-state index in [0.29, 0.717) is 30.3 Å². The van der Waals surface area contributed by atoms with Gasteiger partial charge in [0.2, 0.25) is 0 Å². The Labute approximate surface area is 189 Å². The lowest BCUT2D eigenvalue weighted by atomic mass is 9.90. The van der Waals surface area contributed by atoms with E-state index in [1.165, 1.54) is 14.2 Å². The zero-order valence-corrected chi connectivity index (χ0v) is 19.2. The molecule has 3 rings (SSSR count). The Kier molecular flexibility index (Phi) is 7.71. The maximum Gasteiger partial charge on any atom is 0.161 e. The Hall–Kier alpha value is -3.54. The number of aliphatic imine (C=N–C) groups is 1. The van der Waals surface area contributed by atoms with E-state index < -0.39 is 0 Å². The third-order valence-corrected chi connectivity index (χ3v) is 5.58. The van der Waals surface area contributed by atoms with Crippen molar-refractivity contribution in [3.8, 4) is 23.0 Å². The van der Waals surface area contributed by atoms with Crippen LogP contribution in [0.2, 0.25) is 0 Å². The van der Waals surface area contributed by atoms with Crippen LogP contribution in [0.1, 0.15) is 41.3 Å². The Morgan fingerprint density at radius 1 is 1.06 bits per heavy atom. The second kappa shape index (κ2) is 10.7. The summed E-state index contributed by atoms with van der Waals surface area (Å²) in [6.07, 6.45) is 6.54. The number of hydrogen-bond donors (Lipinski definition) is 0. The lowest BCUT2D eigenvalue weighted by molar-refractivity contribution is 0.111. The molecule has 0 radical (unpaired) electrons. The van der Waals surface area contributed by atoms with Gasteiger partial charge in [0, 0.05) is 19.2 Å². The van der Waals surface area contributed by atoms with Crippen LogP contribution in [0.15, 0.2) is 52.5 Å². The molecule has 2 aromatic rings. The van der Waals surface area contributed by atoms with Gasteiger partial charge in [-0.1, -0.05) is 30.7 Å². The number of carbonyl (C=O) groups excluding carboxylic acids is 1. The molecule has 0 bridgehead atoms. The Balaban J connectivity index is 1.95. The van der Waals surface area contributed by atoms with E-state index in [-0.39, 0.29) is 5.92 Å². The topological polar surface area (TPSA) is 66.4 Å². The van der Waals surface area contributed by atoms with E-state index in [1.807, 2.05) is 42.6 Å². The number of aldehydes is 1. The molecule has 1 aliphatic heterocycles. The van der Waals surface area contributed by atoms with E-state index in [2.05, 4.69) is 24.9 Å². The van der Waals surface area contributed by atoms with E-state index in [1.54, 1.807) is 7.05 Å². The third kappa shape index (κ3) is 5.02. The summed E-state index contributed by atoms with van der Waals surface area (Å²) >= 11 is 0. The normalized spacial score (nSPS) is 14.9. The number of carbonyl (C=O) groups is 1. The van der Waals surface area contributed by atoms with Crippen molar-refractivity contribution in [1.29, 1.82) is 0 Å². The summed E-state index contributed by atoms with van der Waals surface area (Å²) in [5.41, 5.74) is 4.53. The van der Waals surface area contributed by atoms with Gasteiger partial charge in [0.25, 0.3) is 0 Å². The fraction of sp³-hybridized carbons (Fsp3) is 0.308. The monoisotopic (exact) mass is 435 g/mol. The molecule has 0 saturated carbocycles. The quantitative estimate of drug-likeness (QED) is 0.327. The minimum atomic E-state index is 0.144. The molecule has 0 N–H and O–H groups in total. The average Bonchev–Trinajstić information content (AvgIpc) is 2.84. The van der Waals surface area contributed by atoms with Gasteiger partial charge in [-0.3, -0.25) is 9.79 Å². The minimum Gasteiger partial charge on any atom is -0.496 e. The minimum absolute atomic E-state index is 0.144. The van der Waals surface area contributed by atoms with Gasteiger partial charge in [0.1, 0.15) is 24.7 Å². The molecule has 0 unspecified atom stereocenters. The fourth-order valence-corrected chi connectivity index (χ4v) is 3.60. The first-order valence-corrected chi connectivity index (χ1v) is 10.4. The molecule has 0 fully saturated rings. The molecular weight excluding hydrogens is 406 g/mol. The molecule has 32 heavy (non-hydrogen) atoms. The van der Waals surface area contributed by atoms with Gasteiger partial charge in [-0.15, -0.1) is 0 Å². The maximum atomic E-state index is 11.4. The summed E-state index contributed by atoms with van der Waals surface area (Å²) in [5.74, 6) is 2.64. The highest BCUT2D eigenvalue weighted by Crippen LogP contribution is 2.36. The first-order valence-electron chi connectivity index (χ1n) is 10.4. The SMILES string of the molecule is C\N=C/C(/C=C/c1cc(OC)c(C=O)c(OC)c1)=C(/C)[C@H](C)c1ccc2c(c1)OCCO2. The van der Waals surface area contributed by atoms with Crippen LogP contribution in [-0.2, 0) is 0 Å². The predicted molar refractivity (Wildman–Crippen MR) is 127 cm³/mol. The van der Waals surface area contributed by atoms with Crippen LogP contribution in [0.3, 0.4) is 0 Å². The van der Waals surface area contributed by atoms with Crippen LogP contribution >= 0.6 is 0 Å². The van der Waals surface area contributed by atoms with Gasteiger partial charge in [-0.05, 0) is 47.9 Å². The van der Waals surface area contributed by atoms with Crippen LogP contribution in [0.4, 0.5) is 0 Å². The lowest BCUT2D eigenvalue weighted by Gasteiger charge is -2.21. The molecule has 6 heteroatoms. The highest BCUT2D eigenvalue weighted by atomic mass is 16.6. The number of ether oxygens (including phenoxy) is 4. The summed E-state index contributed by atoms with van der Waals surface area (Å²) in [5, 5.41) is 0. The smallest absolute Gasteiger partial charge is 0.161 e. The Bertz CT molecular complexity index is 1040. The molecule has 0 aromatic heterocycles. The fourth-order valence-electron chi connectivity index (χ4n) is 3.60. The van der Waals surface area contributed by atoms with Crippen LogP contribution in [0.25, 0.3) is 6.08 Å². The van der Waals surface area contributed by atoms with Gasteiger partial charge in [0.15, 0.2) is 17.8 Å². The number of benzene rings is 2. The zero-order valence-electron chi connectivity index (χ0n) is 19.2. The van der Waals surface area contributed by atoms with Gasteiger partial charge in [-0.25, -0.2) is 0 Å². The van der Waals surface area contributed by atoms with E-state index in [0.717, 1.165) is 40.1 Å². The Morgan fingerprint density at radius 3 is 2.31 bits per heavy atom. The summed E-state index contributed by atoms with van der Waals surface area (Å²) in [6, 6.07) is 9.69. The van der Waals surface area contributed by atoms with Gasteiger partial charge in [0.05, 0.1) is 19.8 Å². The van der Waals surface area contributed by atoms with Crippen molar-refractivity contribution in [2.45, 2.75) is 19.8 Å². The zero-order chi connectivity index (χ0) is 23.1. The summed E-state index contributed by atoms with van der Waals surface area (Å²) in [7, 11) is 4.81. The van der Waals surface area contributed by atoms with E-state index in [9.17, 15) is 4.79 Å². The van der Waals surface area contributed by atoms with Crippen LogP contribution < -0.4 is 18.9 Å². The molecular formula is C26H29NO5. The average molecular weight is 436 g/mol. The van der Waals surface area contributed by atoms with Crippen molar-refractivity contribution >= 4 is 18.6 Å². The number of fused-ring (bicyclic) bond motifs is 1. The molecule has 0 spiro atoms. The second-order valence-electron chi connectivity index (χ2n) is 7.44. The van der Waals surface area contributed by atoms with Crippen LogP contribution in [-0.4, -0.2) is 47.0 Å². The first kappa shape index (κ1) is 23.1. The summed E-state index contributed by atoms with van der Waals surface area (Å²) in [4.78, 5) is 15.6. The number of hydrogen-bond acceptors (Lipinski definition) is 6. The molecule has 0 saturated heterocycles. The molecule has 168 valence electrons. The van der Waals surface area contributed by atoms with Crippen molar-refractivity contribution < 1.29 is 23.7 Å². The molecule has 1 aliphatic rings. The first-order chi connectivity index (χ1) is 15.5. The van der Waals surface area contributed by atoms with Crippen molar-refractivity contribution in [3.05, 3.63) is 64.2 Å².